The molecule has 0 amide bonds. The fourth-order valence-electron chi connectivity index (χ4n) is 2.55. The Balaban J connectivity index is 2.00. The summed E-state index contributed by atoms with van der Waals surface area (Å²) in [6.45, 7) is 6.58. The maximum Gasteiger partial charge on any atom is 0.347 e. The summed E-state index contributed by atoms with van der Waals surface area (Å²) < 4.78 is 16.1. The van der Waals surface area contributed by atoms with E-state index in [1.165, 1.54) is 5.56 Å². The first-order chi connectivity index (χ1) is 12.5. The molecule has 5 nitrogen and oxygen atoms in total. The fourth-order valence-corrected chi connectivity index (χ4v) is 2.55. The van der Waals surface area contributed by atoms with Gasteiger partial charge in [-0.1, -0.05) is 36.4 Å². The van der Waals surface area contributed by atoms with E-state index in [0.29, 0.717) is 24.7 Å². The molecule has 0 fully saturated rings. The van der Waals surface area contributed by atoms with Crippen molar-refractivity contribution in [2.45, 2.75) is 39.5 Å². The quantitative estimate of drug-likeness (QED) is 0.690. The van der Waals surface area contributed by atoms with Crippen molar-refractivity contribution in [3.63, 3.8) is 0 Å². The summed E-state index contributed by atoms with van der Waals surface area (Å²) in [5.74, 6) is 0.720. The summed E-state index contributed by atoms with van der Waals surface area (Å²) in [6.07, 6.45) is -0.689. The summed E-state index contributed by atoms with van der Waals surface area (Å²) in [5, 5.41) is 3.49. The van der Waals surface area contributed by atoms with Crippen LogP contribution in [0, 0.1) is 0 Å². The first-order valence-corrected chi connectivity index (χ1v) is 8.83. The predicted molar refractivity (Wildman–Crippen MR) is 101 cm³/mol. The number of benzene rings is 2. The van der Waals surface area contributed by atoms with Crippen LogP contribution in [0.5, 0.6) is 11.5 Å². The minimum absolute atomic E-state index is 0.238. The molecule has 26 heavy (non-hydrogen) atoms. The molecule has 2 rings (SSSR count). The highest BCUT2D eigenvalue weighted by Crippen LogP contribution is 2.29. The number of carbonyl (C=O) groups is 1. The van der Waals surface area contributed by atoms with E-state index < -0.39 is 12.1 Å². The molecule has 2 aromatic rings. The lowest BCUT2D eigenvalue weighted by Crippen LogP contribution is -2.26. The molecule has 140 valence electrons. The van der Waals surface area contributed by atoms with Crippen LogP contribution in [0.4, 0.5) is 0 Å². The van der Waals surface area contributed by atoms with Crippen LogP contribution >= 0.6 is 0 Å². The smallest absolute Gasteiger partial charge is 0.347 e. The van der Waals surface area contributed by atoms with Gasteiger partial charge < -0.3 is 19.5 Å². The Labute approximate surface area is 155 Å². The average Bonchev–Trinajstić information content (AvgIpc) is 2.67. The number of esters is 1. The van der Waals surface area contributed by atoms with E-state index in [2.05, 4.69) is 24.4 Å². The fraction of sp³-hybridized carbons (Fsp3) is 0.381. The summed E-state index contributed by atoms with van der Waals surface area (Å²) in [5.41, 5.74) is 2.31. The first kappa shape index (κ1) is 19.8. The van der Waals surface area contributed by atoms with Crippen LogP contribution in [0.25, 0.3) is 0 Å². The molecule has 0 bridgehead atoms. The molecule has 0 heterocycles. The molecule has 0 aliphatic carbocycles. The molecule has 0 aliphatic rings. The van der Waals surface area contributed by atoms with Crippen LogP contribution in [0.15, 0.2) is 48.5 Å². The molecule has 2 atom stereocenters. The van der Waals surface area contributed by atoms with Gasteiger partial charge in [-0.05, 0) is 44.0 Å². The molecule has 0 unspecified atom stereocenters. The minimum atomic E-state index is -0.689. The van der Waals surface area contributed by atoms with Crippen molar-refractivity contribution in [3.8, 4) is 11.5 Å². The van der Waals surface area contributed by atoms with Crippen molar-refractivity contribution in [2.75, 3.05) is 13.7 Å². The zero-order valence-electron chi connectivity index (χ0n) is 15.8. The summed E-state index contributed by atoms with van der Waals surface area (Å²) in [4.78, 5) is 11.7. The van der Waals surface area contributed by atoms with Gasteiger partial charge in [0.15, 0.2) is 17.6 Å². The van der Waals surface area contributed by atoms with Crippen molar-refractivity contribution in [2.24, 2.45) is 0 Å². The second kappa shape index (κ2) is 9.82. The highest BCUT2D eigenvalue weighted by molar-refractivity contribution is 5.74. The number of carbonyl (C=O) groups excluding carboxylic acids is 1. The Morgan fingerprint density at radius 2 is 1.81 bits per heavy atom. The lowest BCUT2D eigenvalue weighted by atomic mass is 10.1. The highest BCUT2D eigenvalue weighted by atomic mass is 16.6. The Morgan fingerprint density at radius 1 is 1.08 bits per heavy atom. The molecule has 0 spiro atoms. The molecular formula is C21H27NO4. The molecular weight excluding hydrogens is 330 g/mol. The third kappa shape index (κ3) is 5.49. The van der Waals surface area contributed by atoms with Gasteiger partial charge >= 0.3 is 5.97 Å². The standard InChI is InChI=1S/C21H27NO4/c1-5-25-21(23)16(3)26-19-12-11-17(13-20(19)24-4)14-22-15(2)18-9-7-6-8-10-18/h6-13,15-16,22H,5,14H2,1-4H3/t15-,16+/m1/s1. The normalized spacial score (nSPS) is 12.9. The predicted octanol–water partition coefficient (Wildman–Crippen LogP) is 3.88. The van der Waals surface area contributed by atoms with Gasteiger partial charge in [0.1, 0.15) is 0 Å². The molecule has 0 aromatic heterocycles. The summed E-state index contributed by atoms with van der Waals surface area (Å²) in [6, 6.07) is 16.2. The lowest BCUT2D eigenvalue weighted by Gasteiger charge is -2.18. The van der Waals surface area contributed by atoms with E-state index in [4.69, 9.17) is 14.2 Å². The number of hydrogen-bond acceptors (Lipinski definition) is 5. The zero-order chi connectivity index (χ0) is 18.9. The van der Waals surface area contributed by atoms with Gasteiger partial charge in [-0.3, -0.25) is 0 Å². The van der Waals surface area contributed by atoms with Gasteiger partial charge in [-0.25, -0.2) is 4.79 Å². The lowest BCUT2D eigenvalue weighted by molar-refractivity contribution is -0.150. The Kier molecular flexibility index (Phi) is 7.48. The molecule has 0 saturated carbocycles. The summed E-state index contributed by atoms with van der Waals surface area (Å²) >= 11 is 0. The molecule has 2 aromatic carbocycles. The third-order valence-electron chi connectivity index (χ3n) is 4.06. The molecule has 0 aliphatic heterocycles. The Morgan fingerprint density at radius 3 is 2.46 bits per heavy atom. The molecule has 5 heteroatoms. The maximum absolute atomic E-state index is 11.7. The first-order valence-electron chi connectivity index (χ1n) is 8.83. The van der Waals surface area contributed by atoms with Gasteiger partial charge in [-0.15, -0.1) is 0 Å². The Bertz CT molecular complexity index is 702. The van der Waals surface area contributed by atoms with E-state index in [1.54, 1.807) is 21.0 Å². The van der Waals surface area contributed by atoms with Crippen LogP contribution in [0.1, 0.15) is 37.9 Å². The van der Waals surface area contributed by atoms with E-state index in [9.17, 15) is 4.79 Å². The zero-order valence-corrected chi connectivity index (χ0v) is 15.8. The number of rotatable bonds is 9. The topological polar surface area (TPSA) is 56.8 Å². The largest absolute Gasteiger partial charge is 0.493 e. The van der Waals surface area contributed by atoms with E-state index in [1.807, 2.05) is 36.4 Å². The van der Waals surface area contributed by atoms with Gasteiger partial charge in [0.25, 0.3) is 0 Å². The van der Waals surface area contributed by atoms with Gasteiger partial charge in [0.05, 0.1) is 13.7 Å². The third-order valence-corrected chi connectivity index (χ3v) is 4.06. The van der Waals surface area contributed by atoms with Crippen molar-refractivity contribution >= 4 is 5.97 Å². The van der Waals surface area contributed by atoms with Crippen LogP contribution < -0.4 is 14.8 Å². The van der Waals surface area contributed by atoms with E-state index >= 15 is 0 Å². The van der Waals surface area contributed by atoms with Crippen LogP contribution in [-0.2, 0) is 16.1 Å². The number of nitrogens with one attached hydrogen (secondary N) is 1. The van der Waals surface area contributed by atoms with Gasteiger partial charge in [0, 0.05) is 12.6 Å². The van der Waals surface area contributed by atoms with Crippen LogP contribution in [-0.4, -0.2) is 25.8 Å². The van der Waals surface area contributed by atoms with E-state index in [-0.39, 0.29) is 6.04 Å². The van der Waals surface area contributed by atoms with Crippen LogP contribution in [0.2, 0.25) is 0 Å². The second-order valence-electron chi connectivity index (χ2n) is 6.01. The SMILES string of the molecule is CCOC(=O)[C@H](C)Oc1ccc(CN[C@H](C)c2ccccc2)cc1OC. The van der Waals surface area contributed by atoms with Crippen molar-refractivity contribution < 1.29 is 19.0 Å². The van der Waals surface area contributed by atoms with E-state index in [0.717, 1.165) is 5.56 Å². The molecule has 0 radical (unpaired) electrons. The average molecular weight is 357 g/mol. The highest BCUT2D eigenvalue weighted by Gasteiger charge is 2.18. The Hall–Kier alpha value is -2.53. The minimum Gasteiger partial charge on any atom is -0.493 e. The molecule has 0 saturated heterocycles. The maximum atomic E-state index is 11.7. The monoisotopic (exact) mass is 357 g/mol. The van der Waals surface area contributed by atoms with Gasteiger partial charge in [-0.2, -0.15) is 0 Å². The number of hydrogen-bond donors (Lipinski definition) is 1. The number of ether oxygens (including phenoxy) is 3. The summed E-state index contributed by atoms with van der Waals surface area (Å²) in [7, 11) is 1.58. The van der Waals surface area contributed by atoms with Crippen molar-refractivity contribution in [3.05, 3.63) is 59.7 Å². The van der Waals surface area contributed by atoms with Gasteiger partial charge in [0.2, 0.25) is 0 Å². The second-order valence-corrected chi connectivity index (χ2v) is 6.01. The van der Waals surface area contributed by atoms with Crippen molar-refractivity contribution in [1.29, 1.82) is 0 Å². The molecule has 1 N–H and O–H groups in total. The van der Waals surface area contributed by atoms with Crippen molar-refractivity contribution in [1.82, 2.24) is 5.32 Å². The van der Waals surface area contributed by atoms with Crippen LogP contribution in [0.3, 0.4) is 0 Å². The number of methoxy groups -OCH3 is 1.